The maximum Gasteiger partial charge on any atom is 0.337 e. The Bertz CT molecular complexity index is 1330. The van der Waals surface area contributed by atoms with Crippen LogP contribution >= 0.6 is 11.6 Å². The predicted octanol–water partition coefficient (Wildman–Crippen LogP) is 3.55. The molecule has 0 aliphatic heterocycles. The van der Waals surface area contributed by atoms with Crippen LogP contribution in [0.15, 0.2) is 77.1 Å². The summed E-state index contributed by atoms with van der Waals surface area (Å²) in [6, 6.07) is 14.9. The summed E-state index contributed by atoms with van der Waals surface area (Å²) in [7, 11) is 0. The van der Waals surface area contributed by atoms with Gasteiger partial charge in [-0.3, -0.25) is 9.36 Å². The van der Waals surface area contributed by atoms with Crippen LogP contribution in [0.2, 0.25) is 5.02 Å². The summed E-state index contributed by atoms with van der Waals surface area (Å²) in [6.45, 7) is 6.17. The smallest absolute Gasteiger partial charge is 0.320 e. The fourth-order valence-corrected chi connectivity index (χ4v) is 3.56. The van der Waals surface area contributed by atoms with Gasteiger partial charge in [-0.05, 0) is 36.8 Å². The van der Waals surface area contributed by atoms with Gasteiger partial charge in [-0.25, -0.2) is 14.3 Å². The first kappa shape index (κ1) is 19.0. The minimum atomic E-state index is -0.445. The highest BCUT2D eigenvalue weighted by Crippen LogP contribution is 2.17. The standard InChI is InChI=1S/C22H19ClN4O2/c1-3-11-26-21(28)19-20(27(22(26)29)18-9-7-15(2)8-10-18)24-14-25(19)13-16-5-4-6-17(23)12-16/h3-10,12,14H,1,11,13H2,2H3. The predicted molar refractivity (Wildman–Crippen MR) is 115 cm³/mol. The zero-order valence-electron chi connectivity index (χ0n) is 15.9. The van der Waals surface area contributed by atoms with Gasteiger partial charge >= 0.3 is 5.69 Å². The Labute approximate surface area is 171 Å². The van der Waals surface area contributed by atoms with E-state index in [2.05, 4.69) is 11.6 Å². The molecule has 0 spiro atoms. The van der Waals surface area contributed by atoms with Gasteiger partial charge in [-0.1, -0.05) is 47.5 Å². The van der Waals surface area contributed by atoms with Gasteiger partial charge in [0.25, 0.3) is 5.56 Å². The number of hydrogen-bond donors (Lipinski definition) is 0. The van der Waals surface area contributed by atoms with Gasteiger partial charge in [-0.15, -0.1) is 6.58 Å². The molecule has 4 aromatic rings. The first-order chi connectivity index (χ1) is 14.0. The fraction of sp³-hybridized carbons (Fsp3) is 0.136. The van der Waals surface area contributed by atoms with Crippen LogP contribution in [0, 0.1) is 6.92 Å². The summed E-state index contributed by atoms with van der Waals surface area (Å²) >= 11 is 6.09. The molecule has 0 aliphatic rings. The molecular formula is C22H19ClN4O2. The highest BCUT2D eigenvalue weighted by molar-refractivity contribution is 6.30. The number of halogens is 1. The number of benzene rings is 2. The van der Waals surface area contributed by atoms with Crippen LogP contribution in [0.3, 0.4) is 0 Å². The van der Waals surface area contributed by atoms with Crippen LogP contribution in [0.1, 0.15) is 11.1 Å². The van der Waals surface area contributed by atoms with Gasteiger partial charge in [0.2, 0.25) is 0 Å². The normalized spacial score (nSPS) is 11.1. The zero-order chi connectivity index (χ0) is 20.5. The second-order valence-electron chi connectivity index (χ2n) is 6.83. The second kappa shape index (κ2) is 7.56. The average Bonchev–Trinajstić information content (AvgIpc) is 3.10. The van der Waals surface area contributed by atoms with Gasteiger partial charge in [0.15, 0.2) is 11.2 Å². The highest BCUT2D eigenvalue weighted by atomic mass is 35.5. The molecule has 0 amide bonds. The fourth-order valence-electron chi connectivity index (χ4n) is 3.35. The summed E-state index contributed by atoms with van der Waals surface area (Å²) in [6.07, 6.45) is 3.11. The lowest BCUT2D eigenvalue weighted by atomic mass is 10.2. The van der Waals surface area contributed by atoms with Gasteiger partial charge in [0.05, 0.1) is 12.0 Å². The van der Waals surface area contributed by atoms with Crippen LogP contribution in [0.25, 0.3) is 16.9 Å². The minimum Gasteiger partial charge on any atom is -0.320 e. The Morgan fingerprint density at radius 2 is 1.90 bits per heavy atom. The summed E-state index contributed by atoms with van der Waals surface area (Å²) in [5.41, 5.74) is 2.49. The second-order valence-corrected chi connectivity index (χ2v) is 7.27. The van der Waals surface area contributed by atoms with Crippen LogP contribution in [0.4, 0.5) is 0 Å². The zero-order valence-corrected chi connectivity index (χ0v) is 16.6. The van der Waals surface area contributed by atoms with Gasteiger partial charge in [0.1, 0.15) is 0 Å². The third kappa shape index (κ3) is 3.43. The van der Waals surface area contributed by atoms with E-state index in [0.717, 1.165) is 11.1 Å². The molecule has 29 heavy (non-hydrogen) atoms. The minimum absolute atomic E-state index is 0.113. The van der Waals surface area contributed by atoms with E-state index in [1.807, 2.05) is 49.4 Å². The maximum absolute atomic E-state index is 13.1. The molecule has 0 aliphatic carbocycles. The van der Waals surface area contributed by atoms with E-state index in [1.54, 1.807) is 17.0 Å². The van der Waals surface area contributed by atoms with Crippen molar-refractivity contribution in [3.8, 4) is 5.69 Å². The molecule has 6 nitrogen and oxygen atoms in total. The topological polar surface area (TPSA) is 61.8 Å². The highest BCUT2D eigenvalue weighted by Gasteiger charge is 2.18. The van der Waals surface area contributed by atoms with E-state index in [-0.39, 0.29) is 6.54 Å². The number of allylic oxidation sites excluding steroid dienone is 1. The average molecular weight is 407 g/mol. The quantitative estimate of drug-likeness (QED) is 0.476. The number of fused-ring (bicyclic) bond motifs is 1. The molecule has 0 fully saturated rings. The largest absolute Gasteiger partial charge is 0.337 e. The Morgan fingerprint density at radius 3 is 2.59 bits per heavy atom. The van der Waals surface area contributed by atoms with Crippen molar-refractivity contribution >= 4 is 22.8 Å². The molecule has 2 heterocycles. The molecule has 4 rings (SSSR count). The van der Waals surface area contributed by atoms with E-state index in [0.29, 0.717) is 28.4 Å². The molecule has 0 N–H and O–H groups in total. The van der Waals surface area contributed by atoms with Crippen molar-refractivity contribution in [2.75, 3.05) is 0 Å². The molecule has 0 atom stereocenters. The van der Waals surface area contributed by atoms with Gasteiger partial charge in [-0.2, -0.15) is 0 Å². The van der Waals surface area contributed by atoms with Crippen molar-refractivity contribution < 1.29 is 0 Å². The first-order valence-electron chi connectivity index (χ1n) is 9.12. The van der Waals surface area contributed by atoms with E-state index in [4.69, 9.17) is 11.6 Å². The van der Waals surface area contributed by atoms with Crippen molar-refractivity contribution in [2.45, 2.75) is 20.0 Å². The maximum atomic E-state index is 13.1. The molecule has 0 radical (unpaired) electrons. The van der Waals surface area contributed by atoms with Gasteiger partial charge in [0, 0.05) is 18.1 Å². The number of nitrogens with zero attached hydrogens (tertiary/aromatic N) is 4. The number of imidazole rings is 1. The molecule has 0 unspecified atom stereocenters. The van der Waals surface area contributed by atoms with Crippen LogP contribution < -0.4 is 11.2 Å². The van der Waals surface area contributed by atoms with E-state index in [9.17, 15) is 9.59 Å². The number of aromatic nitrogens is 4. The van der Waals surface area contributed by atoms with E-state index in [1.165, 1.54) is 15.2 Å². The lowest BCUT2D eigenvalue weighted by Gasteiger charge is -2.12. The Hall–Kier alpha value is -3.38. The summed E-state index contributed by atoms with van der Waals surface area (Å²) in [5, 5.41) is 0.618. The van der Waals surface area contributed by atoms with Crippen LogP contribution in [-0.4, -0.2) is 18.7 Å². The van der Waals surface area contributed by atoms with Crippen LogP contribution in [0.5, 0.6) is 0 Å². The molecule has 2 aromatic carbocycles. The molecule has 7 heteroatoms. The lowest BCUT2D eigenvalue weighted by molar-refractivity contribution is 0.690. The lowest BCUT2D eigenvalue weighted by Crippen LogP contribution is -2.39. The Kier molecular flexibility index (Phi) is 4.94. The summed E-state index contributed by atoms with van der Waals surface area (Å²) in [4.78, 5) is 30.6. The van der Waals surface area contributed by atoms with Crippen molar-refractivity contribution in [1.29, 1.82) is 0 Å². The number of rotatable bonds is 5. The molecule has 2 aromatic heterocycles. The van der Waals surface area contributed by atoms with Crippen LogP contribution in [-0.2, 0) is 13.1 Å². The van der Waals surface area contributed by atoms with Crippen molar-refractivity contribution in [1.82, 2.24) is 18.7 Å². The third-order valence-corrected chi connectivity index (χ3v) is 4.98. The summed E-state index contributed by atoms with van der Waals surface area (Å²) < 4.78 is 4.38. The molecular weight excluding hydrogens is 388 g/mol. The Balaban J connectivity index is 1.99. The Morgan fingerprint density at radius 1 is 1.14 bits per heavy atom. The third-order valence-electron chi connectivity index (χ3n) is 4.75. The monoisotopic (exact) mass is 406 g/mol. The van der Waals surface area contributed by atoms with Gasteiger partial charge < -0.3 is 4.57 Å². The summed E-state index contributed by atoms with van der Waals surface area (Å²) in [5.74, 6) is 0. The number of hydrogen-bond acceptors (Lipinski definition) is 3. The molecule has 0 bridgehead atoms. The molecule has 0 saturated heterocycles. The van der Waals surface area contributed by atoms with E-state index >= 15 is 0 Å². The SMILES string of the molecule is C=CCn1c(=O)c2c(ncn2Cc2cccc(Cl)c2)n(-c2ccc(C)cc2)c1=O. The van der Waals surface area contributed by atoms with Crippen molar-refractivity contribution in [3.05, 3.63) is 105 Å². The molecule has 146 valence electrons. The number of aryl methyl sites for hydroxylation is 1. The first-order valence-corrected chi connectivity index (χ1v) is 9.50. The van der Waals surface area contributed by atoms with Crippen molar-refractivity contribution in [2.24, 2.45) is 0 Å². The van der Waals surface area contributed by atoms with E-state index < -0.39 is 11.2 Å². The van der Waals surface area contributed by atoms with Crippen molar-refractivity contribution in [3.63, 3.8) is 0 Å². The molecule has 0 saturated carbocycles.